The summed E-state index contributed by atoms with van der Waals surface area (Å²) in [6.45, 7) is 4.39. The first kappa shape index (κ1) is 19.4. The molecule has 1 atom stereocenters. The number of carbonyl (C=O) groups is 3. The number of hydrogen-bond donors (Lipinski definition) is 2. The van der Waals surface area contributed by atoms with Crippen LogP contribution in [0.15, 0.2) is 30.5 Å². The Morgan fingerprint density at radius 1 is 1.36 bits per heavy atom. The van der Waals surface area contributed by atoms with Gasteiger partial charge < -0.3 is 20.1 Å². The van der Waals surface area contributed by atoms with E-state index in [9.17, 15) is 14.4 Å². The molecule has 0 bridgehead atoms. The number of carboxylic acids is 1. The van der Waals surface area contributed by atoms with Gasteiger partial charge in [0.2, 0.25) is 0 Å². The van der Waals surface area contributed by atoms with E-state index in [2.05, 4.69) is 10.4 Å². The monoisotopic (exact) mass is 386 g/mol. The molecular weight excluding hydrogens is 364 g/mol. The molecular formula is C19H22N4O5. The van der Waals surface area contributed by atoms with Crippen molar-refractivity contribution in [3.05, 3.63) is 41.7 Å². The van der Waals surface area contributed by atoms with Crippen molar-refractivity contribution in [1.82, 2.24) is 14.7 Å². The Hall–Kier alpha value is -3.36. The van der Waals surface area contributed by atoms with E-state index in [1.165, 1.54) is 11.1 Å². The van der Waals surface area contributed by atoms with E-state index in [1.807, 2.05) is 0 Å². The number of carbonyl (C=O) groups excluding carboxylic acids is 2. The number of ether oxygens (including phenoxy) is 1. The second-order valence-corrected chi connectivity index (χ2v) is 6.53. The largest absolute Gasteiger partial charge is 0.481 e. The molecule has 1 saturated heterocycles. The average molecular weight is 386 g/mol. The number of likely N-dealkylation sites (tertiary alicyclic amines) is 1. The molecule has 1 aromatic carbocycles. The molecule has 2 heterocycles. The quantitative estimate of drug-likeness (QED) is 0.762. The van der Waals surface area contributed by atoms with Crippen LogP contribution >= 0.6 is 0 Å². The molecule has 0 aliphatic carbocycles. The molecule has 1 aromatic heterocycles. The molecule has 0 spiro atoms. The van der Waals surface area contributed by atoms with Crippen molar-refractivity contribution in [2.45, 2.75) is 20.3 Å². The van der Waals surface area contributed by atoms with E-state index in [4.69, 9.17) is 9.84 Å². The highest BCUT2D eigenvalue weighted by Gasteiger charge is 2.30. The predicted molar refractivity (Wildman–Crippen MR) is 101 cm³/mol. The highest BCUT2D eigenvalue weighted by atomic mass is 16.5. The van der Waals surface area contributed by atoms with Crippen LogP contribution in [0.4, 0.5) is 10.5 Å². The number of anilines is 1. The number of aromatic nitrogens is 2. The lowest BCUT2D eigenvalue weighted by atomic mass is 10.1. The topological polar surface area (TPSA) is 114 Å². The summed E-state index contributed by atoms with van der Waals surface area (Å²) in [5.41, 5.74) is 2.24. The fourth-order valence-corrected chi connectivity index (χ4v) is 3.14. The molecule has 9 nitrogen and oxygen atoms in total. The van der Waals surface area contributed by atoms with E-state index in [0.717, 1.165) is 0 Å². The number of rotatable bonds is 5. The van der Waals surface area contributed by atoms with E-state index in [-0.39, 0.29) is 19.2 Å². The number of nitrogens with zero attached hydrogens (tertiary/aromatic N) is 3. The molecule has 1 unspecified atom stereocenters. The second kappa shape index (κ2) is 8.12. The van der Waals surface area contributed by atoms with Crippen molar-refractivity contribution < 1.29 is 24.2 Å². The lowest BCUT2D eigenvalue weighted by molar-refractivity contribution is -0.141. The summed E-state index contributed by atoms with van der Waals surface area (Å²) >= 11 is 0. The summed E-state index contributed by atoms with van der Waals surface area (Å²) in [7, 11) is 0. The van der Waals surface area contributed by atoms with Gasteiger partial charge in [-0.3, -0.25) is 4.79 Å². The average Bonchev–Trinajstić information content (AvgIpc) is 3.29. The number of benzene rings is 1. The maximum absolute atomic E-state index is 12.4. The highest BCUT2D eigenvalue weighted by Crippen LogP contribution is 2.21. The smallest absolute Gasteiger partial charge is 0.341 e. The third-order valence-corrected chi connectivity index (χ3v) is 4.67. The van der Waals surface area contributed by atoms with Gasteiger partial charge in [0.1, 0.15) is 5.56 Å². The van der Waals surface area contributed by atoms with Gasteiger partial charge in [-0.15, -0.1) is 0 Å². The van der Waals surface area contributed by atoms with Crippen molar-refractivity contribution >= 4 is 23.7 Å². The van der Waals surface area contributed by atoms with Crippen LogP contribution in [-0.4, -0.2) is 57.5 Å². The van der Waals surface area contributed by atoms with Crippen LogP contribution < -0.4 is 5.32 Å². The van der Waals surface area contributed by atoms with Crippen LogP contribution in [-0.2, 0) is 9.53 Å². The number of esters is 1. The van der Waals surface area contributed by atoms with Crippen molar-refractivity contribution in [1.29, 1.82) is 0 Å². The minimum atomic E-state index is -0.885. The number of amides is 2. The number of nitrogens with one attached hydrogen (secondary N) is 1. The summed E-state index contributed by atoms with van der Waals surface area (Å²) in [5.74, 6) is -1.84. The third kappa shape index (κ3) is 3.98. The standard InChI is InChI=1S/C19H22N4O5/c1-3-28-18(26)16-10-20-23(12(16)2)15-6-4-5-14(9-15)21-19(27)22-8-7-13(11-22)17(24)25/h4-6,9-10,13H,3,7-8,11H2,1-2H3,(H,21,27)(H,24,25). The minimum absolute atomic E-state index is 0.196. The lowest BCUT2D eigenvalue weighted by Crippen LogP contribution is -2.33. The Kier molecular flexibility index (Phi) is 5.62. The van der Waals surface area contributed by atoms with Crippen molar-refractivity contribution in [3.8, 4) is 5.69 Å². The Bertz CT molecular complexity index is 907. The zero-order valence-corrected chi connectivity index (χ0v) is 15.7. The summed E-state index contributed by atoms with van der Waals surface area (Å²) in [6.07, 6.45) is 1.90. The summed E-state index contributed by atoms with van der Waals surface area (Å²) in [4.78, 5) is 36.9. The molecule has 0 saturated carbocycles. The zero-order valence-electron chi connectivity index (χ0n) is 15.7. The summed E-state index contributed by atoms with van der Waals surface area (Å²) in [6, 6.07) is 6.70. The molecule has 28 heavy (non-hydrogen) atoms. The summed E-state index contributed by atoms with van der Waals surface area (Å²) in [5, 5.41) is 16.1. The van der Waals surface area contributed by atoms with Gasteiger partial charge in [-0.05, 0) is 38.5 Å². The number of aliphatic carboxylic acids is 1. The van der Waals surface area contributed by atoms with E-state index in [1.54, 1.807) is 42.8 Å². The van der Waals surface area contributed by atoms with E-state index in [0.29, 0.717) is 35.6 Å². The number of carboxylic acid groups (broad SMARTS) is 1. The third-order valence-electron chi connectivity index (χ3n) is 4.67. The van der Waals surface area contributed by atoms with Crippen LogP contribution in [0.2, 0.25) is 0 Å². The van der Waals surface area contributed by atoms with Crippen molar-refractivity contribution in [2.75, 3.05) is 25.0 Å². The van der Waals surface area contributed by atoms with Gasteiger partial charge in [0.15, 0.2) is 0 Å². The Morgan fingerprint density at radius 3 is 2.82 bits per heavy atom. The lowest BCUT2D eigenvalue weighted by Gasteiger charge is -2.17. The Balaban J connectivity index is 1.74. The maximum Gasteiger partial charge on any atom is 0.341 e. The van der Waals surface area contributed by atoms with Gasteiger partial charge in [-0.1, -0.05) is 6.07 Å². The molecule has 1 aliphatic rings. The van der Waals surface area contributed by atoms with Crippen LogP contribution in [0.5, 0.6) is 0 Å². The second-order valence-electron chi connectivity index (χ2n) is 6.53. The molecule has 2 aromatic rings. The fraction of sp³-hybridized carbons (Fsp3) is 0.368. The van der Waals surface area contributed by atoms with Crippen LogP contribution in [0.3, 0.4) is 0 Å². The van der Waals surface area contributed by atoms with E-state index < -0.39 is 17.9 Å². The first-order valence-corrected chi connectivity index (χ1v) is 9.01. The molecule has 148 valence electrons. The maximum atomic E-state index is 12.4. The normalized spacial score (nSPS) is 16.1. The fourth-order valence-electron chi connectivity index (χ4n) is 3.14. The molecule has 2 amide bonds. The number of urea groups is 1. The molecule has 2 N–H and O–H groups in total. The Labute approximate surface area is 161 Å². The van der Waals surface area contributed by atoms with E-state index >= 15 is 0 Å². The highest BCUT2D eigenvalue weighted by molar-refractivity contribution is 5.91. The van der Waals surface area contributed by atoms with Gasteiger partial charge in [0, 0.05) is 18.8 Å². The summed E-state index contributed by atoms with van der Waals surface area (Å²) < 4.78 is 6.62. The molecule has 0 radical (unpaired) electrons. The molecule has 9 heteroatoms. The van der Waals surface area contributed by atoms with Gasteiger partial charge in [-0.25, -0.2) is 14.3 Å². The number of hydrogen-bond acceptors (Lipinski definition) is 5. The van der Waals surface area contributed by atoms with Crippen molar-refractivity contribution in [3.63, 3.8) is 0 Å². The first-order valence-electron chi connectivity index (χ1n) is 9.01. The molecule has 1 aliphatic heterocycles. The van der Waals surface area contributed by atoms with Gasteiger partial charge in [0.25, 0.3) is 0 Å². The van der Waals surface area contributed by atoms with Crippen LogP contribution in [0, 0.1) is 12.8 Å². The van der Waals surface area contributed by atoms with Gasteiger partial charge >= 0.3 is 18.0 Å². The van der Waals surface area contributed by atoms with Crippen molar-refractivity contribution in [2.24, 2.45) is 5.92 Å². The Morgan fingerprint density at radius 2 is 2.14 bits per heavy atom. The predicted octanol–water partition coefficient (Wildman–Crippen LogP) is 2.30. The van der Waals surface area contributed by atoms with Gasteiger partial charge in [-0.2, -0.15) is 5.10 Å². The van der Waals surface area contributed by atoms with Crippen LogP contribution in [0.1, 0.15) is 29.4 Å². The minimum Gasteiger partial charge on any atom is -0.481 e. The molecule has 3 rings (SSSR count). The first-order chi connectivity index (χ1) is 13.4. The zero-order chi connectivity index (χ0) is 20.3. The molecule has 1 fully saturated rings. The SMILES string of the molecule is CCOC(=O)c1cnn(-c2cccc(NC(=O)N3CCC(C(=O)O)C3)c2)c1C. The van der Waals surface area contributed by atoms with Gasteiger partial charge in [0.05, 0.1) is 30.1 Å². The van der Waals surface area contributed by atoms with Crippen LogP contribution in [0.25, 0.3) is 5.69 Å².